The Morgan fingerprint density at radius 3 is 2.42 bits per heavy atom. The lowest BCUT2D eigenvalue weighted by atomic mass is 9.83. The largest absolute Gasteiger partial charge is 0.464 e. The highest BCUT2D eigenvalue weighted by Crippen LogP contribution is 2.39. The number of nitrogens with one attached hydrogen (secondary N) is 1. The highest BCUT2D eigenvalue weighted by atomic mass is 79.9. The normalized spacial score (nSPS) is 17.4. The molecule has 1 aliphatic carbocycles. The molecular formula is C18H26BrNO4. The number of aromatic nitrogens is 1. The summed E-state index contributed by atoms with van der Waals surface area (Å²) in [6.07, 6.45) is 5.72. The van der Waals surface area contributed by atoms with Crippen molar-refractivity contribution in [2.45, 2.75) is 69.2 Å². The van der Waals surface area contributed by atoms with Crippen LogP contribution in [0.5, 0.6) is 0 Å². The molecule has 1 saturated carbocycles. The van der Waals surface area contributed by atoms with Crippen LogP contribution in [0.4, 0.5) is 0 Å². The van der Waals surface area contributed by atoms with Crippen molar-refractivity contribution in [3.8, 4) is 0 Å². The molecule has 0 amide bonds. The van der Waals surface area contributed by atoms with Gasteiger partial charge in [0.05, 0.1) is 7.11 Å². The van der Waals surface area contributed by atoms with Crippen LogP contribution >= 0.6 is 15.9 Å². The average molecular weight is 400 g/mol. The molecule has 1 aliphatic rings. The van der Waals surface area contributed by atoms with Gasteiger partial charge in [0.1, 0.15) is 11.3 Å². The molecule has 0 spiro atoms. The summed E-state index contributed by atoms with van der Waals surface area (Å²) in [5.41, 5.74) is 1.53. The van der Waals surface area contributed by atoms with Crippen LogP contribution < -0.4 is 0 Å². The third-order valence-corrected chi connectivity index (χ3v) is 5.03. The molecule has 134 valence electrons. The summed E-state index contributed by atoms with van der Waals surface area (Å²) in [6.45, 7) is 5.50. The fourth-order valence-corrected chi connectivity index (χ4v) is 3.61. The van der Waals surface area contributed by atoms with Crippen LogP contribution in [0.2, 0.25) is 0 Å². The van der Waals surface area contributed by atoms with Crippen LogP contribution in [0.25, 0.3) is 0 Å². The molecule has 0 saturated heterocycles. The first-order valence-electron chi connectivity index (χ1n) is 8.41. The Morgan fingerprint density at radius 1 is 1.25 bits per heavy atom. The molecule has 0 radical (unpaired) electrons. The van der Waals surface area contributed by atoms with Gasteiger partial charge in [-0.25, -0.2) is 4.79 Å². The maximum Gasteiger partial charge on any atom is 0.354 e. The van der Waals surface area contributed by atoms with Gasteiger partial charge in [0.2, 0.25) is 0 Å². The van der Waals surface area contributed by atoms with Crippen LogP contribution in [0.1, 0.15) is 85.4 Å². The topological polar surface area (TPSA) is 68.4 Å². The minimum absolute atomic E-state index is 0.353. The first-order valence-corrected chi connectivity index (χ1v) is 9.32. The summed E-state index contributed by atoms with van der Waals surface area (Å²) in [4.78, 5) is 26.8. The molecule has 1 atom stereocenters. The molecule has 24 heavy (non-hydrogen) atoms. The predicted octanol–water partition coefficient (Wildman–Crippen LogP) is 4.63. The molecule has 6 heteroatoms. The fraction of sp³-hybridized carbons (Fsp3) is 0.667. The second-order valence-corrected chi connectivity index (χ2v) is 8.19. The van der Waals surface area contributed by atoms with Gasteiger partial charge in [-0.05, 0) is 51.2 Å². The van der Waals surface area contributed by atoms with Crippen LogP contribution in [0.15, 0.2) is 6.07 Å². The predicted molar refractivity (Wildman–Crippen MR) is 95.5 cm³/mol. The first-order chi connectivity index (χ1) is 11.2. The maximum atomic E-state index is 12.4. The fourth-order valence-electron chi connectivity index (χ4n) is 3.14. The average Bonchev–Trinajstić information content (AvgIpc) is 2.97. The number of hydrogen-bond donors (Lipinski definition) is 1. The number of methoxy groups -OCH3 is 1. The van der Waals surface area contributed by atoms with E-state index in [0.29, 0.717) is 17.3 Å². The summed E-state index contributed by atoms with van der Waals surface area (Å²) in [5, 5.41) is 0. The van der Waals surface area contributed by atoms with E-state index in [9.17, 15) is 9.59 Å². The van der Waals surface area contributed by atoms with Gasteiger partial charge in [0.15, 0.2) is 4.83 Å². The summed E-state index contributed by atoms with van der Waals surface area (Å²) in [7, 11) is 1.35. The van der Waals surface area contributed by atoms with Crippen molar-refractivity contribution in [3.05, 3.63) is 23.0 Å². The number of hydrogen-bond acceptors (Lipinski definition) is 4. The Balaban J connectivity index is 2.33. The van der Waals surface area contributed by atoms with Gasteiger partial charge >= 0.3 is 11.9 Å². The van der Waals surface area contributed by atoms with E-state index >= 15 is 0 Å². The Bertz CT molecular complexity index is 597. The molecule has 1 heterocycles. The van der Waals surface area contributed by atoms with E-state index < -0.39 is 16.4 Å². The van der Waals surface area contributed by atoms with E-state index in [0.717, 1.165) is 18.4 Å². The molecule has 2 rings (SSSR count). The number of ether oxygens (including phenoxy) is 2. The summed E-state index contributed by atoms with van der Waals surface area (Å²) >= 11 is 3.45. The molecule has 1 aromatic heterocycles. The van der Waals surface area contributed by atoms with Gasteiger partial charge in [-0.2, -0.15) is 0 Å². The Morgan fingerprint density at radius 2 is 1.88 bits per heavy atom. The smallest absolute Gasteiger partial charge is 0.354 e. The van der Waals surface area contributed by atoms with Crippen molar-refractivity contribution < 1.29 is 19.1 Å². The number of alkyl halides is 1. The highest BCUT2D eigenvalue weighted by Gasteiger charge is 2.31. The second-order valence-electron chi connectivity index (χ2n) is 7.27. The number of carbonyl (C=O) groups excluding carboxylic acids is 2. The zero-order valence-electron chi connectivity index (χ0n) is 14.8. The summed E-state index contributed by atoms with van der Waals surface area (Å²) in [6, 6.07) is 1.83. The lowest BCUT2D eigenvalue weighted by Gasteiger charge is -2.25. The monoisotopic (exact) mass is 399 g/mol. The minimum Gasteiger partial charge on any atom is -0.464 e. The van der Waals surface area contributed by atoms with Gasteiger partial charge in [0.25, 0.3) is 0 Å². The molecule has 5 nitrogen and oxygen atoms in total. The van der Waals surface area contributed by atoms with Crippen LogP contribution in [0, 0.1) is 0 Å². The molecule has 1 aromatic rings. The first kappa shape index (κ1) is 19.0. The molecule has 0 bridgehead atoms. The second kappa shape index (κ2) is 7.72. The third-order valence-electron chi connectivity index (χ3n) is 4.20. The Kier molecular flexibility index (Phi) is 6.12. The standard InChI is InChI=1S/C18H26BrNO4/c1-18(2,3)24-17(22)14(19)15-12(11-8-6-5-7-9-11)10-13(20-15)16(21)23-4/h10-11,14,20H,5-9H2,1-4H3. The maximum absolute atomic E-state index is 12.4. The van der Waals surface area contributed by atoms with Gasteiger partial charge in [0, 0.05) is 5.69 Å². The van der Waals surface area contributed by atoms with E-state index in [1.807, 2.05) is 26.8 Å². The van der Waals surface area contributed by atoms with Crippen LogP contribution in [0.3, 0.4) is 0 Å². The van der Waals surface area contributed by atoms with Gasteiger partial charge in [-0.3, -0.25) is 4.79 Å². The lowest BCUT2D eigenvalue weighted by molar-refractivity contribution is -0.154. The van der Waals surface area contributed by atoms with Gasteiger partial charge < -0.3 is 14.5 Å². The minimum atomic E-state index is -0.632. The van der Waals surface area contributed by atoms with E-state index in [-0.39, 0.29) is 5.97 Å². The number of halogens is 1. The number of rotatable bonds is 4. The van der Waals surface area contributed by atoms with E-state index in [1.54, 1.807) is 0 Å². The number of carbonyl (C=O) groups is 2. The van der Waals surface area contributed by atoms with Crippen molar-refractivity contribution in [3.63, 3.8) is 0 Å². The highest BCUT2D eigenvalue weighted by molar-refractivity contribution is 9.09. The summed E-state index contributed by atoms with van der Waals surface area (Å²) in [5.74, 6) is -0.439. The molecule has 0 aromatic carbocycles. The molecule has 1 fully saturated rings. The quantitative estimate of drug-likeness (QED) is 0.591. The Labute approximate surface area is 151 Å². The van der Waals surface area contributed by atoms with Crippen LogP contribution in [-0.2, 0) is 14.3 Å². The van der Waals surface area contributed by atoms with Crippen molar-refractivity contribution >= 4 is 27.9 Å². The summed E-state index contributed by atoms with van der Waals surface area (Å²) < 4.78 is 10.3. The third kappa shape index (κ3) is 4.62. The van der Waals surface area contributed by atoms with Gasteiger partial charge in [-0.15, -0.1) is 0 Å². The Hall–Kier alpha value is -1.30. The zero-order valence-corrected chi connectivity index (χ0v) is 16.4. The van der Waals surface area contributed by atoms with E-state index in [2.05, 4.69) is 20.9 Å². The SMILES string of the molecule is COC(=O)c1cc(C2CCCCC2)c(C(Br)C(=O)OC(C)(C)C)[nH]1. The zero-order chi connectivity index (χ0) is 17.9. The van der Waals surface area contributed by atoms with E-state index in [4.69, 9.17) is 9.47 Å². The molecular weight excluding hydrogens is 374 g/mol. The van der Waals surface area contributed by atoms with Crippen molar-refractivity contribution in [1.82, 2.24) is 4.98 Å². The molecule has 1 unspecified atom stereocenters. The van der Waals surface area contributed by atoms with Crippen molar-refractivity contribution in [2.75, 3.05) is 7.11 Å². The van der Waals surface area contributed by atoms with Gasteiger partial charge in [-0.1, -0.05) is 35.2 Å². The lowest BCUT2D eigenvalue weighted by Crippen LogP contribution is -2.26. The number of esters is 2. The number of aromatic amines is 1. The van der Waals surface area contributed by atoms with Crippen molar-refractivity contribution in [2.24, 2.45) is 0 Å². The van der Waals surface area contributed by atoms with E-state index in [1.165, 1.54) is 26.4 Å². The van der Waals surface area contributed by atoms with Crippen molar-refractivity contribution in [1.29, 1.82) is 0 Å². The molecule has 0 aliphatic heterocycles. The molecule has 1 N–H and O–H groups in total. The number of H-pyrrole nitrogens is 1. The van der Waals surface area contributed by atoms with Crippen LogP contribution in [-0.4, -0.2) is 29.6 Å².